The van der Waals surface area contributed by atoms with E-state index >= 15 is 0 Å². The quantitative estimate of drug-likeness (QED) is 0.686. The Labute approximate surface area is 81.7 Å². The maximum absolute atomic E-state index is 9.12. The highest BCUT2D eigenvalue weighted by Crippen LogP contribution is 2.40. The van der Waals surface area contributed by atoms with Gasteiger partial charge in [0.2, 0.25) is 0 Å². The zero-order chi connectivity index (χ0) is 9.73. The molecule has 0 aromatic rings. The van der Waals surface area contributed by atoms with E-state index in [4.69, 9.17) is 5.11 Å². The van der Waals surface area contributed by atoms with Crippen molar-refractivity contribution in [1.29, 1.82) is 0 Å². The van der Waals surface area contributed by atoms with Crippen LogP contribution in [0, 0.1) is 5.41 Å². The van der Waals surface area contributed by atoms with Crippen molar-refractivity contribution in [3.8, 4) is 0 Å². The first-order valence-electron chi connectivity index (χ1n) is 5.57. The average molecular weight is 185 g/mol. The molecule has 1 saturated carbocycles. The number of aliphatic hydroxyl groups is 1. The summed E-state index contributed by atoms with van der Waals surface area (Å²) in [5.74, 6) is 0. The summed E-state index contributed by atoms with van der Waals surface area (Å²) >= 11 is 0. The van der Waals surface area contributed by atoms with Crippen LogP contribution >= 0.6 is 0 Å². The smallest absolute Gasteiger partial charge is 0.0636 e. The summed E-state index contributed by atoms with van der Waals surface area (Å²) < 4.78 is 0. The molecule has 2 N–H and O–H groups in total. The summed E-state index contributed by atoms with van der Waals surface area (Å²) in [5, 5.41) is 12.5. The lowest BCUT2D eigenvalue weighted by atomic mass is 9.83. The van der Waals surface area contributed by atoms with E-state index in [0.717, 1.165) is 13.1 Å². The van der Waals surface area contributed by atoms with Crippen LogP contribution in [-0.2, 0) is 0 Å². The molecule has 1 aliphatic carbocycles. The van der Waals surface area contributed by atoms with E-state index in [9.17, 15) is 0 Å². The normalized spacial score (nSPS) is 23.3. The Bertz CT molecular complexity index is 139. The Balaban J connectivity index is 2.23. The Morgan fingerprint density at radius 1 is 1.38 bits per heavy atom. The predicted molar refractivity (Wildman–Crippen MR) is 55.7 cm³/mol. The van der Waals surface area contributed by atoms with Gasteiger partial charge in [-0.3, -0.25) is 0 Å². The Morgan fingerprint density at radius 2 is 2.00 bits per heavy atom. The molecule has 2 nitrogen and oxygen atoms in total. The molecule has 1 fully saturated rings. The van der Waals surface area contributed by atoms with E-state index in [1.165, 1.54) is 32.1 Å². The van der Waals surface area contributed by atoms with Crippen molar-refractivity contribution in [3.05, 3.63) is 0 Å². The molecule has 13 heavy (non-hydrogen) atoms. The number of hydrogen-bond donors (Lipinski definition) is 2. The molecule has 1 atom stereocenters. The minimum atomic E-state index is -0.213. The summed E-state index contributed by atoms with van der Waals surface area (Å²) in [6, 6.07) is 0. The fraction of sp³-hybridized carbons (Fsp3) is 1.00. The van der Waals surface area contributed by atoms with Crippen LogP contribution in [0.4, 0.5) is 0 Å². The van der Waals surface area contributed by atoms with Gasteiger partial charge in [0, 0.05) is 13.1 Å². The van der Waals surface area contributed by atoms with Crippen LogP contribution in [-0.4, -0.2) is 24.3 Å². The first-order chi connectivity index (χ1) is 6.18. The highest BCUT2D eigenvalue weighted by Gasteiger charge is 2.31. The van der Waals surface area contributed by atoms with Crippen molar-refractivity contribution in [1.82, 2.24) is 5.32 Å². The second kappa shape index (κ2) is 4.97. The van der Waals surface area contributed by atoms with Gasteiger partial charge >= 0.3 is 0 Å². The molecule has 0 spiro atoms. The highest BCUT2D eigenvalue weighted by molar-refractivity contribution is 4.85. The van der Waals surface area contributed by atoms with Crippen molar-refractivity contribution in [2.75, 3.05) is 13.1 Å². The van der Waals surface area contributed by atoms with E-state index in [2.05, 4.69) is 12.2 Å². The molecule has 2 heteroatoms. The molecule has 0 saturated heterocycles. The summed E-state index contributed by atoms with van der Waals surface area (Å²) in [5.41, 5.74) is 0.550. The number of hydrogen-bond acceptors (Lipinski definition) is 2. The average Bonchev–Trinajstić information content (AvgIpc) is 2.53. The van der Waals surface area contributed by atoms with E-state index in [1.54, 1.807) is 0 Å². The lowest BCUT2D eigenvalue weighted by Gasteiger charge is -2.28. The van der Waals surface area contributed by atoms with Gasteiger partial charge in [0.1, 0.15) is 0 Å². The summed E-state index contributed by atoms with van der Waals surface area (Å²) in [6.07, 6.45) is 6.59. The second-order valence-electron chi connectivity index (χ2n) is 4.54. The van der Waals surface area contributed by atoms with Gasteiger partial charge in [-0.25, -0.2) is 0 Å². The van der Waals surface area contributed by atoms with E-state index in [-0.39, 0.29) is 6.10 Å². The molecule has 1 rings (SSSR count). The largest absolute Gasteiger partial charge is 0.392 e. The first kappa shape index (κ1) is 11.0. The Morgan fingerprint density at radius 3 is 2.46 bits per heavy atom. The van der Waals surface area contributed by atoms with Crippen LogP contribution < -0.4 is 5.32 Å². The molecule has 0 aromatic carbocycles. The Hall–Kier alpha value is -0.0800. The monoisotopic (exact) mass is 185 g/mol. The van der Waals surface area contributed by atoms with Gasteiger partial charge in [0.25, 0.3) is 0 Å². The fourth-order valence-corrected chi connectivity index (χ4v) is 2.33. The Kier molecular flexibility index (Phi) is 4.20. The van der Waals surface area contributed by atoms with Crippen molar-refractivity contribution in [2.24, 2.45) is 5.41 Å². The second-order valence-corrected chi connectivity index (χ2v) is 4.54. The molecule has 0 amide bonds. The lowest BCUT2D eigenvalue weighted by Crippen LogP contribution is -2.35. The molecule has 1 aliphatic rings. The van der Waals surface area contributed by atoms with Crippen molar-refractivity contribution in [3.63, 3.8) is 0 Å². The molecule has 0 unspecified atom stereocenters. The molecule has 78 valence electrons. The van der Waals surface area contributed by atoms with Crippen LogP contribution in [0.2, 0.25) is 0 Å². The zero-order valence-corrected chi connectivity index (χ0v) is 8.97. The van der Waals surface area contributed by atoms with E-state index < -0.39 is 0 Å². The third-order valence-corrected chi connectivity index (χ3v) is 3.35. The SMILES string of the molecule is CCC1(CNC[C@H](C)O)CCCC1. The summed E-state index contributed by atoms with van der Waals surface area (Å²) in [6.45, 7) is 5.95. The maximum Gasteiger partial charge on any atom is 0.0636 e. The molecule has 0 aliphatic heterocycles. The van der Waals surface area contributed by atoms with Crippen molar-refractivity contribution >= 4 is 0 Å². The standard InChI is InChI=1S/C11H23NO/c1-3-11(6-4-5-7-11)9-12-8-10(2)13/h10,12-13H,3-9H2,1-2H3/t10-/m0/s1. The topological polar surface area (TPSA) is 32.3 Å². The minimum absolute atomic E-state index is 0.213. The minimum Gasteiger partial charge on any atom is -0.392 e. The van der Waals surface area contributed by atoms with E-state index in [1.807, 2.05) is 6.92 Å². The molecule has 0 aromatic heterocycles. The van der Waals surface area contributed by atoms with Crippen LogP contribution in [0.5, 0.6) is 0 Å². The van der Waals surface area contributed by atoms with Gasteiger partial charge in [0.15, 0.2) is 0 Å². The van der Waals surface area contributed by atoms with Gasteiger partial charge in [-0.15, -0.1) is 0 Å². The predicted octanol–water partition coefficient (Wildman–Crippen LogP) is 1.93. The van der Waals surface area contributed by atoms with Gasteiger partial charge in [-0.05, 0) is 31.6 Å². The number of rotatable bonds is 5. The third kappa shape index (κ3) is 3.28. The summed E-state index contributed by atoms with van der Waals surface area (Å²) in [4.78, 5) is 0. The molecule has 0 bridgehead atoms. The van der Waals surface area contributed by atoms with Crippen LogP contribution in [0.3, 0.4) is 0 Å². The first-order valence-corrected chi connectivity index (χ1v) is 5.57. The molecule has 0 heterocycles. The van der Waals surface area contributed by atoms with Crippen LogP contribution in [0.25, 0.3) is 0 Å². The van der Waals surface area contributed by atoms with Crippen molar-refractivity contribution < 1.29 is 5.11 Å². The number of aliphatic hydroxyl groups excluding tert-OH is 1. The maximum atomic E-state index is 9.12. The fourth-order valence-electron chi connectivity index (χ4n) is 2.33. The van der Waals surface area contributed by atoms with E-state index in [0.29, 0.717) is 5.41 Å². The van der Waals surface area contributed by atoms with Crippen molar-refractivity contribution in [2.45, 2.75) is 52.1 Å². The molecule has 0 radical (unpaired) electrons. The van der Waals surface area contributed by atoms with Gasteiger partial charge in [0.05, 0.1) is 6.10 Å². The van der Waals surface area contributed by atoms with Gasteiger partial charge in [-0.2, -0.15) is 0 Å². The number of nitrogens with one attached hydrogen (secondary N) is 1. The molecular weight excluding hydrogens is 162 g/mol. The van der Waals surface area contributed by atoms with Gasteiger partial charge in [-0.1, -0.05) is 19.8 Å². The highest BCUT2D eigenvalue weighted by atomic mass is 16.3. The van der Waals surface area contributed by atoms with Gasteiger partial charge < -0.3 is 10.4 Å². The molecular formula is C11H23NO. The lowest BCUT2D eigenvalue weighted by molar-refractivity contribution is 0.178. The van der Waals surface area contributed by atoms with Crippen LogP contribution in [0.15, 0.2) is 0 Å². The summed E-state index contributed by atoms with van der Waals surface area (Å²) in [7, 11) is 0. The van der Waals surface area contributed by atoms with Crippen LogP contribution in [0.1, 0.15) is 46.0 Å². The zero-order valence-electron chi connectivity index (χ0n) is 8.97. The third-order valence-electron chi connectivity index (χ3n) is 3.35.